The lowest BCUT2D eigenvalue weighted by molar-refractivity contribution is -0.114. The summed E-state index contributed by atoms with van der Waals surface area (Å²) in [5.74, 6) is -1.31. The van der Waals surface area contributed by atoms with Crippen LogP contribution in [-0.4, -0.2) is 22.7 Å². The number of carbonyl (C=O) groups excluding carboxylic acids is 1. The normalized spacial score (nSPS) is 14.5. The van der Waals surface area contributed by atoms with Crippen LogP contribution in [0, 0.1) is 11.3 Å². The van der Waals surface area contributed by atoms with E-state index < -0.39 is 5.97 Å². The minimum absolute atomic E-state index is 0.172. The molecule has 144 valence electrons. The molecule has 0 saturated carbocycles. The van der Waals surface area contributed by atoms with Gasteiger partial charge in [0.05, 0.1) is 28.5 Å². The number of hydrazone groups is 1. The average molecular weight is 393 g/mol. The fourth-order valence-electron chi connectivity index (χ4n) is 3.09. The van der Waals surface area contributed by atoms with Gasteiger partial charge >= 0.3 is 5.97 Å². The molecule has 6 nitrogen and oxygen atoms in total. The van der Waals surface area contributed by atoms with E-state index in [0.717, 1.165) is 5.56 Å². The number of carboxylic acid groups (broad SMARTS) is 1. The lowest BCUT2D eigenvalue weighted by Gasteiger charge is -2.11. The second-order valence-corrected chi connectivity index (χ2v) is 6.58. The van der Waals surface area contributed by atoms with Crippen molar-refractivity contribution >= 4 is 29.4 Å². The van der Waals surface area contributed by atoms with Gasteiger partial charge in [-0.05, 0) is 48.0 Å². The second-order valence-electron chi connectivity index (χ2n) is 6.58. The van der Waals surface area contributed by atoms with E-state index in [1.807, 2.05) is 30.3 Å². The first-order chi connectivity index (χ1) is 14.6. The van der Waals surface area contributed by atoms with Crippen LogP contribution in [0.5, 0.6) is 0 Å². The first-order valence-electron chi connectivity index (χ1n) is 9.11. The van der Waals surface area contributed by atoms with E-state index in [9.17, 15) is 9.59 Å². The highest BCUT2D eigenvalue weighted by atomic mass is 16.4. The molecule has 3 aromatic rings. The largest absolute Gasteiger partial charge is 0.478 e. The Bertz CT molecular complexity index is 1220. The van der Waals surface area contributed by atoms with Gasteiger partial charge in [-0.1, -0.05) is 42.5 Å². The summed E-state index contributed by atoms with van der Waals surface area (Å²) in [7, 11) is 0. The van der Waals surface area contributed by atoms with Crippen molar-refractivity contribution in [3.63, 3.8) is 0 Å². The summed E-state index contributed by atoms with van der Waals surface area (Å²) in [6.45, 7) is 0. The van der Waals surface area contributed by atoms with Crippen LogP contribution in [0.25, 0.3) is 6.08 Å². The lowest BCUT2D eigenvalue weighted by atomic mass is 10.00. The van der Waals surface area contributed by atoms with Crippen molar-refractivity contribution in [3.8, 4) is 6.07 Å². The molecule has 0 spiro atoms. The predicted molar refractivity (Wildman–Crippen MR) is 113 cm³/mol. The maximum atomic E-state index is 13.2. The van der Waals surface area contributed by atoms with E-state index in [1.54, 1.807) is 42.5 Å². The molecule has 0 aliphatic carbocycles. The van der Waals surface area contributed by atoms with Gasteiger partial charge in [-0.2, -0.15) is 15.4 Å². The molecular formula is C24H15N3O3. The Morgan fingerprint density at radius 2 is 1.63 bits per heavy atom. The van der Waals surface area contributed by atoms with Crippen molar-refractivity contribution in [1.29, 1.82) is 5.26 Å². The fourth-order valence-corrected chi connectivity index (χ4v) is 3.09. The highest BCUT2D eigenvalue weighted by Gasteiger charge is 2.32. The van der Waals surface area contributed by atoms with E-state index in [0.29, 0.717) is 28.1 Å². The minimum atomic E-state index is -1.01. The molecule has 0 saturated heterocycles. The Labute approximate surface area is 172 Å². The number of carboxylic acids is 1. The zero-order valence-corrected chi connectivity index (χ0v) is 15.7. The molecule has 0 radical (unpaired) electrons. The first kappa shape index (κ1) is 18.8. The first-order valence-corrected chi connectivity index (χ1v) is 9.11. The zero-order valence-electron chi connectivity index (χ0n) is 15.7. The molecule has 0 aromatic heterocycles. The van der Waals surface area contributed by atoms with Gasteiger partial charge in [0.1, 0.15) is 5.71 Å². The van der Waals surface area contributed by atoms with Crippen molar-refractivity contribution in [2.45, 2.75) is 0 Å². The van der Waals surface area contributed by atoms with Crippen LogP contribution in [-0.2, 0) is 4.79 Å². The van der Waals surface area contributed by atoms with Crippen molar-refractivity contribution in [2.75, 3.05) is 5.01 Å². The summed E-state index contributed by atoms with van der Waals surface area (Å²) in [6, 6.07) is 24.3. The van der Waals surface area contributed by atoms with Crippen LogP contribution in [0.2, 0.25) is 0 Å². The third-order valence-electron chi connectivity index (χ3n) is 4.63. The Kier molecular flexibility index (Phi) is 4.93. The zero-order chi connectivity index (χ0) is 21.1. The maximum Gasteiger partial charge on any atom is 0.335 e. The van der Waals surface area contributed by atoms with Crippen LogP contribution < -0.4 is 5.01 Å². The monoisotopic (exact) mass is 393 g/mol. The lowest BCUT2D eigenvalue weighted by Crippen LogP contribution is -2.21. The summed E-state index contributed by atoms with van der Waals surface area (Å²) in [5.41, 5.74) is 3.61. The smallest absolute Gasteiger partial charge is 0.335 e. The molecule has 1 aliphatic rings. The van der Waals surface area contributed by atoms with Gasteiger partial charge in [0.2, 0.25) is 0 Å². The maximum absolute atomic E-state index is 13.2. The van der Waals surface area contributed by atoms with Crippen LogP contribution in [0.3, 0.4) is 0 Å². The molecule has 6 heteroatoms. The second kappa shape index (κ2) is 7.86. The van der Waals surface area contributed by atoms with Gasteiger partial charge in [-0.3, -0.25) is 4.79 Å². The molecule has 0 unspecified atom stereocenters. The molecule has 1 aliphatic heterocycles. The van der Waals surface area contributed by atoms with Crippen molar-refractivity contribution < 1.29 is 14.7 Å². The Morgan fingerprint density at radius 1 is 0.967 bits per heavy atom. The van der Waals surface area contributed by atoms with Gasteiger partial charge in [0, 0.05) is 5.56 Å². The number of carbonyl (C=O) groups is 2. The Balaban J connectivity index is 1.77. The number of anilines is 1. The molecule has 0 atom stereocenters. The van der Waals surface area contributed by atoms with Crippen LogP contribution in [0.1, 0.15) is 27.0 Å². The number of benzene rings is 3. The summed E-state index contributed by atoms with van der Waals surface area (Å²) >= 11 is 0. The van der Waals surface area contributed by atoms with Crippen molar-refractivity contribution in [3.05, 3.63) is 107 Å². The number of rotatable bonds is 4. The van der Waals surface area contributed by atoms with Gasteiger partial charge in [-0.15, -0.1) is 0 Å². The Morgan fingerprint density at radius 3 is 2.23 bits per heavy atom. The topological polar surface area (TPSA) is 93.8 Å². The highest BCUT2D eigenvalue weighted by molar-refractivity contribution is 6.37. The SMILES string of the molecule is N#Cc1ccc(N2N=C(c3ccccc3)/C(=C/c3ccc(C(=O)O)cc3)C2=O)cc1. The number of amides is 1. The minimum Gasteiger partial charge on any atom is -0.478 e. The molecule has 1 heterocycles. The number of nitrogens with zero attached hydrogens (tertiary/aromatic N) is 3. The van der Waals surface area contributed by atoms with E-state index in [2.05, 4.69) is 11.2 Å². The van der Waals surface area contributed by atoms with Gasteiger partial charge in [0.15, 0.2) is 0 Å². The van der Waals surface area contributed by atoms with Crippen molar-refractivity contribution in [2.24, 2.45) is 5.10 Å². The molecule has 30 heavy (non-hydrogen) atoms. The number of aromatic carboxylic acids is 1. The molecule has 1 N–H and O–H groups in total. The number of hydrogen-bond acceptors (Lipinski definition) is 4. The highest BCUT2D eigenvalue weighted by Crippen LogP contribution is 2.28. The van der Waals surface area contributed by atoms with Gasteiger partial charge < -0.3 is 5.11 Å². The van der Waals surface area contributed by atoms with Crippen LogP contribution in [0.15, 0.2) is 89.5 Å². The van der Waals surface area contributed by atoms with Gasteiger partial charge in [-0.25, -0.2) is 4.79 Å². The van der Waals surface area contributed by atoms with Crippen LogP contribution >= 0.6 is 0 Å². The molecule has 3 aromatic carbocycles. The van der Waals surface area contributed by atoms with Gasteiger partial charge in [0.25, 0.3) is 5.91 Å². The third kappa shape index (κ3) is 3.60. The average Bonchev–Trinajstić information content (AvgIpc) is 3.11. The van der Waals surface area contributed by atoms with E-state index in [1.165, 1.54) is 17.1 Å². The number of hydrogen-bond donors (Lipinski definition) is 1. The molecule has 1 amide bonds. The summed E-state index contributed by atoms with van der Waals surface area (Å²) < 4.78 is 0. The molecular weight excluding hydrogens is 378 g/mol. The molecule has 0 bridgehead atoms. The third-order valence-corrected chi connectivity index (χ3v) is 4.63. The molecule has 0 fully saturated rings. The quantitative estimate of drug-likeness (QED) is 0.676. The predicted octanol–water partition coefficient (Wildman–Crippen LogP) is 4.09. The van der Waals surface area contributed by atoms with Crippen molar-refractivity contribution in [1.82, 2.24) is 0 Å². The van der Waals surface area contributed by atoms with E-state index in [4.69, 9.17) is 10.4 Å². The summed E-state index contributed by atoms with van der Waals surface area (Å²) in [6.07, 6.45) is 1.70. The number of nitriles is 1. The van der Waals surface area contributed by atoms with E-state index >= 15 is 0 Å². The standard InChI is InChI=1S/C24H15N3O3/c25-15-17-8-12-20(13-9-17)27-23(28)21(22(26-27)18-4-2-1-3-5-18)14-16-6-10-19(11-7-16)24(29)30/h1-14H,(H,29,30)/b21-14-. The fraction of sp³-hybridized carbons (Fsp3) is 0. The molecule has 4 rings (SSSR count). The summed E-state index contributed by atoms with van der Waals surface area (Å²) in [4.78, 5) is 24.3. The van der Waals surface area contributed by atoms with Crippen LogP contribution in [0.4, 0.5) is 5.69 Å². The van der Waals surface area contributed by atoms with E-state index in [-0.39, 0.29) is 11.5 Å². The summed E-state index contributed by atoms with van der Waals surface area (Å²) in [5, 5.41) is 23.9. The Hall–Kier alpha value is -4.50.